The molecule has 0 aromatic rings. The van der Waals surface area contributed by atoms with Crippen molar-refractivity contribution in [3.05, 3.63) is 0 Å². The van der Waals surface area contributed by atoms with Gasteiger partial charge in [0.2, 0.25) is 5.91 Å². The standard InChI is InChI=1S/C36H71NO5/c1-3-5-7-9-11-13-15-16-17-18-20-21-23-25-27-29-34(40)37-36(31-38,32-39)33-42-35(41)30-28-26-24-22-19-14-12-10-8-6-4-2/h38-39H,3-33H2,1-2H3,(H,37,40). The second-order valence-electron chi connectivity index (χ2n) is 12.8. The summed E-state index contributed by atoms with van der Waals surface area (Å²) >= 11 is 0. The molecule has 6 nitrogen and oxygen atoms in total. The van der Waals surface area contributed by atoms with E-state index in [4.69, 9.17) is 4.74 Å². The number of amides is 1. The van der Waals surface area contributed by atoms with Gasteiger partial charge < -0.3 is 20.3 Å². The highest BCUT2D eigenvalue weighted by molar-refractivity contribution is 5.77. The number of aliphatic hydroxyl groups excluding tert-OH is 2. The Morgan fingerprint density at radius 2 is 0.810 bits per heavy atom. The highest BCUT2D eigenvalue weighted by atomic mass is 16.5. The third-order valence-corrected chi connectivity index (χ3v) is 8.51. The lowest BCUT2D eigenvalue weighted by Crippen LogP contribution is -2.57. The molecule has 1 amide bonds. The van der Waals surface area contributed by atoms with Crippen LogP contribution in [0.25, 0.3) is 0 Å². The first kappa shape index (κ1) is 40.9. The fourth-order valence-corrected chi connectivity index (χ4v) is 5.50. The number of ether oxygens (including phenoxy) is 1. The fourth-order valence-electron chi connectivity index (χ4n) is 5.50. The molecule has 0 aliphatic heterocycles. The van der Waals surface area contributed by atoms with E-state index in [1.807, 2.05) is 0 Å². The van der Waals surface area contributed by atoms with Crippen LogP contribution in [0.15, 0.2) is 0 Å². The van der Waals surface area contributed by atoms with Gasteiger partial charge in [0.1, 0.15) is 12.1 Å². The zero-order chi connectivity index (χ0) is 31.0. The predicted octanol–water partition coefficient (Wildman–Crippen LogP) is 9.33. The largest absolute Gasteiger partial charge is 0.463 e. The van der Waals surface area contributed by atoms with Crippen LogP contribution in [-0.4, -0.2) is 47.4 Å². The van der Waals surface area contributed by atoms with Crippen LogP contribution in [0, 0.1) is 0 Å². The predicted molar refractivity (Wildman–Crippen MR) is 177 cm³/mol. The maximum Gasteiger partial charge on any atom is 0.305 e. The van der Waals surface area contributed by atoms with Gasteiger partial charge in [-0.15, -0.1) is 0 Å². The molecule has 0 saturated carbocycles. The third-order valence-electron chi connectivity index (χ3n) is 8.51. The summed E-state index contributed by atoms with van der Waals surface area (Å²) < 4.78 is 5.34. The first-order chi connectivity index (χ1) is 20.5. The maximum absolute atomic E-state index is 12.5. The monoisotopic (exact) mass is 598 g/mol. The first-order valence-corrected chi connectivity index (χ1v) is 18.2. The van der Waals surface area contributed by atoms with Crippen molar-refractivity contribution in [3.8, 4) is 0 Å². The van der Waals surface area contributed by atoms with E-state index in [9.17, 15) is 19.8 Å². The second-order valence-corrected chi connectivity index (χ2v) is 12.8. The van der Waals surface area contributed by atoms with Crippen LogP contribution in [0.2, 0.25) is 0 Å². The molecule has 0 unspecified atom stereocenters. The minimum absolute atomic E-state index is 0.207. The number of nitrogens with one attached hydrogen (secondary N) is 1. The van der Waals surface area contributed by atoms with Gasteiger partial charge in [-0.25, -0.2) is 0 Å². The van der Waals surface area contributed by atoms with Crippen molar-refractivity contribution in [1.82, 2.24) is 5.32 Å². The van der Waals surface area contributed by atoms with Crippen LogP contribution >= 0.6 is 0 Å². The van der Waals surface area contributed by atoms with Crippen LogP contribution in [0.4, 0.5) is 0 Å². The van der Waals surface area contributed by atoms with Crippen molar-refractivity contribution in [1.29, 1.82) is 0 Å². The van der Waals surface area contributed by atoms with E-state index >= 15 is 0 Å². The van der Waals surface area contributed by atoms with Crippen LogP contribution in [0.5, 0.6) is 0 Å². The van der Waals surface area contributed by atoms with E-state index in [1.54, 1.807) is 0 Å². The second kappa shape index (κ2) is 31.3. The molecule has 0 fully saturated rings. The summed E-state index contributed by atoms with van der Waals surface area (Å²) in [7, 11) is 0. The van der Waals surface area contributed by atoms with Crippen LogP contribution < -0.4 is 5.32 Å². The number of esters is 1. The molecular formula is C36H71NO5. The van der Waals surface area contributed by atoms with Gasteiger partial charge in [0.05, 0.1) is 13.2 Å². The molecule has 0 saturated heterocycles. The quantitative estimate of drug-likeness (QED) is 0.0517. The molecule has 0 radical (unpaired) electrons. The molecule has 0 aliphatic carbocycles. The van der Waals surface area contributed by atoms with E-state index in [0.717, 1.165) is 38.5 Å². The molecule has 42 heavy (non-hydrogen) atoms. The molecule has 0 spiro atoms. The normalized spacial score (nSPS) is 11.6. The van der Waals surface area contributed by atoms with Crippen molar-refractivity contribution in [3.63, 3.8) is 0 Å². The van der Waals surface area contributed by atoms with Gasteiger partial charge in [-0.05, 0) is 12.8 Å². The molecule has 3 N–H and O–H groups in total. The molecule has 0 rings (SSSR count). The van der Waals surface area contributed by atoms with Gasteiger partial charge in [0, 0.05) is 12.8 Å². The van der Waals surface area contributed by atoms with Crippen LogP contribution in [-0.2, 0) is 14.3 Å². The van der Waals surface area contributed by atoms with Crippen molar-refractivity contribution >= 4 is 11.9 Å². The number of hydrogen-bond donors (Lipinski definition) is 3. The fraction of sp³-hybridized carbons (Fsp3) is 0.944. The van der Waals surface area contributed by atoms with E-state index < -0.39 is 18.8 Å². The molecule has 0 bridgehead atoms. The molecular weight excluding hydrogens is 526 g/mol. The van der Waals surface area contributed by atoms with Gasteiger partial charge in [-0.1, -0.05) is 168 Å². The lowest BCUT2D eigenvalue weighted by atomic mass is 10.0. The Morgan fingerprint density at radius 1 is 0.500 bits per heavy atom. The van der Waals surface area contributed by atoms with Crippen molar-refractivity contribution < 1.29 is 24.5 Å². The van der Waals surface area contributed by atoms with Crippen molar-refractivity contribution in [2.24, 2.45) is 0 Å². The zero-order valence-corrected chi connectivity index (χ0v) is 28.0. The third kappa shape index (κ3) is 26.5. The lowest BCUT2D eigenvalue weighted by Gasteiger charge is -2.30. The highest BCUT2D eigenvalue weighted by Crippen LogP contribution is 2.15. The Bertz CT molecular complexity index is 593. The maximum atomic E-state index is 12.5. The average molecular weight is 598 g/mol. The summed E-state index contributed by atoms with van der Waals surface area (Å²) in [5, 5.41) is 22.4. The summed E-state index contributed by atoms with van der Waals surface area (Å²) in [6, 6.07) is 0. The van der Waals surface area contributed by atoms with Crippen molar-refractivity contribution in [2.45, 2.75) is 199 Å². The van der Waals surface area contributed by atoms with Crippen LogP contribution in [0.3, 0.4) is 0 Å². The van der Waals surface area contributed by atoms with Crippen LogP contribution in [0.1, 0.15) is 194 Å². The summed E-state index contributed by atoms with van der Waals surface area (Å²) in [6.07, 6.45) is 33.2. The van der Waals surface area contributed by atoms with E-state index in [0.29, 0.717) is 12.8 Å². The average Bonchev–Trinajstić information content (AvgIpc) is 3.00. The highest BCUT2D eigenvalue weighted by Gasteiger charge is 2.32. The Hall–Kier alpha value is -1.14. The zero-order valence-electron chi connectivity index (χ0n) is 28.0. The Labute approximate surface area is 260 Å². The summed E-state index contributed by atoms with van der Waals surface area (Å²) in [6.45, 7) is 3.35. The molecule has 6 heteroatoms. The SMILES string of the molecule is CCCCCCCCCCCCCCCCCC(=O)NC(CO)(CO)COC(=O)CCCCCCCCCCCCC. The minimum Gasteiger partial charge on any atom is -0.463 e. The molecule has 250 valence electrons. The summed E-state index contributed by atoms with van der Waals surface area (Å²) in [4.78, 5) is 24.7. The molecule has 0 atom stereocenters. The van der Waals surface area contributed by atoms with Gasteiger partial charge >= 0.3 is 5.97 Å². The van der Waals surface area contributed by atoms with Gasteiger partial charge in [0.15, 0.2) is 0 Å². The van der Waals surface area contributed by atoms with E-state index in [1.165, 1.54) is 128 Å². The number of aliphatic hydroxyl groups is 2. The van der Waals surface area contributed by atoms with E-state index in [2.05, 4.69) is 19.2 Å². The first-order valence-electron chi connectivity index (χ1n) is 18.2. The number of carbonyl (C=O) groups excluding carboxylic acids is 2. The van der Waals surface area contributed by atoms with Crippen molar-refractivity contribution in [2.75, 3.05) is 19.8 Å². The van der Waals surface area contributed by atoms with Gasteiger partial charge in [-0.3, -0.25) is 9.59 Å². The topological polar surface area (TPSA) is 95.9 Å². The minimum atomic E-state index is -1.32. The number of hydrogen-bond acceptors (Lipinski definition) is 5. The number of carbonyl (C=O) groups is 2. The molecule has 0 aromatic carbocycles. The van der Waals surface area contributed by atoms with Gasteiger partial charge in [0.25, 0.3) is 0 Å². The van der Waals surface area contributed by atoms with Gasteiger partial charge in [-0.2, -0.15) is 0 Å². The van der Waals surface area contributed by atoms with E-state index in [-0.39, 0.29) is 18.5 Å². The molecule has 0 aliphatic rings. The Balaban J connectivity index is 3.79. The smallest absolute Gasteiger partial charge is 0.305 e. The summed E-state index contributed by atoms with van der Waals surface area (Å²) in [5.74, 6) is -0.553. The Kier molecular flexibility index (Phi) is 30.4. The molecule has 0 aromatic heterocycles. The lowest BCUT2D eigenvalue weighted by molar-refractivity contribution is -0.149. The Morgan fingerprint density at radius 3 is 1.14 bits per heavy atom. The number of unbranched alkanes of at least 4 members (excludes halogenated alkanes) is 24. The summed E-state index contributed by atoms with van der Waals surface area (Å²) in [5.41, 5.74) is -1.32. The number of rotatable bonds is 33. The molecule has 0 heterocycles.